The Bertz CT molecular complexity index is 1720. The molecule has 0 aliphatic carbocycles. The van der Waals surface area contributed by atoms with Gasteiger partial charge in [-0.05, 0) is 65.1 Å². The molecule has 0 saturated carbocycles. The number of para-hydroxylation sites is 1. The zero-order valence-electron chi connectivity index (χ0n) is 22.6. The molecule has 5 nitrogen and oxygen atoms in total. The molecule has 210 valence electrons. The molecule has 0 bridgehead atoms. The van der Waals surface area contributed by atoms with E-state index in [2.05, 4.69) is 0 Å². The van der Waals surface area contributed by atoms with Gasteiger partial charge in [-0.2, -0.15) is 13.2 Å². The third kappa shape index (κ3) is 6.54. The molecule has 0 radical (unpaired) electrons. The molecular formula is C33H27F3O5. The number of halogens is 3. The first-order chi connectivity index (χ1) is 19.5. The number of hydrogen-bond donors (Lipinski definition) is 0. The van der Waals surface area contributed by atoms with Gasteiger partial charge < -0.3 is 18.6 Å². The molecule has 0 unspecified atom stereocenters. The highest BCUT2D eigenvalue weighted by molar-refractivity contribution is 5.79. The van der Waals surface area contributed by atoms with Crippen LogP contribution in [0.3, 0.4) is 0 Å². The number of benzene rings is 4. The van der Waals surface area contributed by atoms with Crippen LogP contribution in [-0.2, 0) is 18.2 Å². The van der Waals surface area contributed by atoms with Crippen LogP contribution >= 0.6 is 0 Å². The van der Waals surface area contributed by atoms with Crippen LogP contribution in [0.5, 0.6) is 28.7 Å². The summed E-state index contributed by atoms with van der Waals surface area (Å²) in [5.41, 5.74) is 0.384. The van der Waals surface area contributed by atoms with Gasteiger partial charge >= 0.3 is 6.18 Å². The lowest BCUT2D eigenvalue weighted by Gasteiger charge is -2.19. The summed E-state index contributed by atoms with van der Waals surface area (Å²) in [5.74, 6) is -0.823. The van der Waals surface area contributed by atoms with E-state index in [1.165, 1.54) is 30.3 Å². The zero-order chi connectivity index (χ0) is 29.2. The Morgan fingerprint density at radius 1 is 0.707 bits per heavy atom. The molecule has 1 heterocycles. The third-order valence-corrected chi connectivity index (χ3v) is 6.30. The molecule has 0 amide bonds. The lowest BCUT2D eigenvalue weighted by molar-refractivity contribution is -0.154. The van der Waals surface area contributed by atoms with E-state index in [9.17, 15) is 18.0 Å². The van der Waals surface area contributed by atoms with Gasteiger partial charge in [0.2, 0.25) is 11.2 Å². The van der Waals surface area contributed by atoms with Gasteiger partial charge in [-0.1, -0.05) is 63.2 Å². The quantitative estimate of drug-likeness (QED) is 0.199. The van der Waals surface area contributed by atoms with Crippen LogP contribution in [-0.4, -0.2) is 0 Å². The number of hydrogen-bond acceptors (Lipinski definition) is 5. The van der Waals surface area contributed by atoms with Crippen LogP contribution in [0.1, 0.15) is 37.7 Å². The van der Waals surface area contributed by atoms with Crippen LogP contribution in [0.2, 0.25) is 0 Å². The van der Waals surface area contributed by atoms with Crippen molar-refractivity contribution in [3.63, 3.8) is 0 Å². The van der Waals surface area contributed by atoms with Gasteiger partial charge in [0, 0.05) is 6.07 Å². The van der Waals surface area contributed by atoms with Crippen LogP contribution in [0.15, 0.2) is 106 Å². The maximum Gasteiger partial charge on any atom is 0.453 e. The lowest BCUT2D eigenvalue weighted by Crippen LogP contribution is -2.15. The Morgan fingerprint density at radius 2 is 1.37 bits per heavy atom. The molecule has 0 fully saturated rings. The fraction of sp³-hybridized carbons (Fsp3) is 0.182. The summed E-state index contributed by atoms with van der Waals surface area (Å²) in [5, 5.41) is -0.0649. The Hall–Kier alpha value is -4.72. The van der Waals surface area contributed by atoms with Crippen molar-refractivity contribution in [3.8, 4) is 28.7 Å². The molecule has 0 saturated heterocycles. The molecule has 4 aromatic carbocycles. The van der Waals surface area contributed by atoms with Crippen molar-refractivity contribution in [1.29, 1.82) is 0 Å². The van der Waals surface area contributed by atoms with Gasteiger partial charge in [0.25, 0.3) is 5.76 Å². The standard InChI is InChI=1S/C33H27F3O5/c1-32(2,3)22-12-14-24(15-13-22)40-30-29(37)27-17-16-25(19-28(27)41-31(30)33(34,35)36)38-20-21-8-7-11-26(18-21)39-23-9-5-4-6-10-23/h4-19H,20H2,1-3H3. The zero-order valence-corrected chi connectivity index (χ0v) is 22.6. The first-order valence-electron chi connectivity index (χ1n) is 12.9. The maximum atomic E-state index is 14.0. The molecule has 41 heavy (non-hydrogen) atoms. The SMILES string of the molecule is CC(C)(C)c1ccc(Oc2c(C(F)(F)F)oc3cc(OCc4cccc(Oc5ccccc5)c4)ccc3c2=O)cc1. The maximum absolute atomic E-state index is 14.0. The Labute approximate surface area is 234 Å². The average Bonchev–Trinajstić information content (AvgIpc) is 2.93. The summed E-state index contributed by atoms with van der Waals surface area (Å²) in [6.07, 6.45) is -4.97. The Balaban J connectivity index is 1.39. The second kappa shape index (κ2) is 11.0. The summed E-state index contributed by atoms with van der Waals surface area (Å²) in [7, 11) is 0. The van der Waals surface area contributed by atoms with E-state index in [-0.39, 0.29) is 34.5 Å². The molecule has 0 N–H and O–H groups in total. The van der Waals surface area contributed by atoms with Crippen molar-refractivity contribution in [2.24, 2.45) is 0 Å². The fourth-order valence-electron chi connectivity index (χ4n) is 4.16. The number of rotatable bonds is 7. The molecular weight excluding hydrogens is 533 g/mol. The van der Waals surface area contributed by atoms with E-state index in [1.54, 1.807) is 24.3 Å². The first-order valence-corrected chi connectivity index (χ1v) is 12.9. The van der Waals surface area contributed by atoms with Crippen molar-refractivity contribution in [1.82, 2.24) is 0 Å². The summed E-state index contributed by atoms with van der Waals surface area (Å²) >= 11 is 0. The average molecular weight is 561 g/mol. The van der Waals surface area contributed by atoms with Crippen molar-refractivity contribution in [2.45, 2.75) is 39.0 Å². The molecule has 0 spiro atoms. The molecule has 1 aromatic heterocycles. The van der Waals surface area contributed by atoms with E-state index in [0.717, 1.165) is 11.1 Å². The molecule has 5 aromatic rings. The normalized spacial score (nSPS) is 11.9. The van der Waals surface area contributed by atoms with Gasteiger partial charge in [0.1, 0.15) is 35.2 Å². The topological polar surface area (TPSA) is 57.9 Å². The molecule has 0 aliphatic rings. The Kier molecular flexibility index (Phi) is 7.49. The van der Waals surface area contributed by atoms with Gasteiger partial charge in [-0.25, -0.2) is 0 Å². The van der Waals surface area contributed by atoms with Crippen LogP contribution in [0, 0.1) is 0 Å². The highest BCUT2D eigenvalue weighted by Crippen LogP contribution is 2.39. The van der Waals surface area contributed by atoms with Crippen LogP contribution in [0.25, 0.3) is 11.0 Å². The first kappa shape index (κ1) is 27.8. The third-order valence-electron chi connectivity index (χ3n) is 6.30. The van der Waals surface area contributed by atoms with Crippen molar-refractivity contribution in [3.05, 3.63) is 124 Å². The highest BCUT2D eigenvalue weighted by atomic mass is 19.4. The van der Waals surface area contributed by atoms with E-state index in [1.807, 2.05) is 63.2 Å². The summed E-state index contributed by atoms with van der Waals surface area (Å²) in [6.45, 7) is 6.15. The largest absolute Gasteiger partial charge is 0.489 e. The van der Waals surface area contributed by atoms with Crippen LogP contribution < -0.4 is 19.6 Å². The molecule has 0 aliphatic heterocycles. The predicted molar refractivity (Wildman–Crippen MR) is 150 cm³/mol. The number of ether oxygens (including phenoxy) is 3. The fourth-order valence-corrected chi connectivity index (χ4v) is 4.16. The van der Waals surface area contributed by atoms with Gasteiger partial charge in [-0.3, -0.25) is 4.79 Å². The van der Waals surface area contributed by atoms with E-state index < -0.39 is 23.1 Å². The predicted octanol–water partition coefficient (Wildman–Crippen LogP) is 9.27. The highest BCUT2D eigenvalue weighted by Gasteiger charge is 2.40. The smallest absolute Gasteiger partial charge is 0.453 e. The summed E-state index contributed by atoms with van der Waals surface area (Å²) < 4.78 is 64.3. The molecule has 5 rings (SSSR count). The second-order valence-corrected chi connectivity index (χ2v) is 10.5. The van der Waals surface area contributed by atoms with Crippen LogP contribution in [0.4, 0.5) is 13.2 Å². The van der Waals surface area contributed by atoms with Crippen molar-refractivity contribution < 1.29 is 31.8 Å². The minimum atomic E-state index is -4.97. The minimum Gasteiger partial charge on any atom is -0.489 e. The molecule has 8 heteroatoms. The molecule has 0 atom stereocenters. The second-order valence-electron chi connectivity index (χ2n) is 10.5. The van der Waals surface area contributed by atoms with E-state index in [0.29, 0.717) is 11.5 Å². The van der Waals surface area contributed by atoms with E-state index in [4.69, 9.17) is 18.6 Å². The van der Waals surface area contributed by atoms with Gasteiger partial charge in [0.15, 0.2) is 0 Å². The van der Waals surface area contributed by atoms with Crippen molar-refractivity contribution in [2.75, 3.05) is 0 Å². The monoisotopic (exact) mass is 560 g/mol. The van der Waals surface area contributed by atoms with E-state index >= 15 is 0 Å². The summed E-state index contributed by atoms with van der Waals surface area (Å²) in [6, 6.07) is 27.2. The summed E-state index contributed by atoms with van der Waals surface area (Å²) in [4.78, 5) is 13.2. The number of alkyl halides is 3. The Morgan fingerprint density at radius 3 is 2.05 bits per heavy atom. The lowest BCUT2D eigenvalue weighted by atomic mass is 9.87. The number of fused-ring (bicyclic) bond motifs is 1. The van der Waals surface area contributed by atoms with Crippen molar-refractivity contribution >= 4 is 11.0 Å². The van der Waals surface area contributed by atoms with Gasteiger partial charge in [-0.15, -0.1) is 0 Å². The minimum absolute atomic E-state index is 0.0649. The van der Waals surface area contributed by atoms with Gasteiger partial charge in [0.05, 0.1) is 5.39 Å².